The Hall–Kier alpha value is -0.260. The van der Waals surface area contributed by atoms with Crippen molar-refractivity contribution in [1.82, 2.24) is 9.80 Å². The Morgan fingerprint density at radius 3 is 2.65 bits per heavy atom. The van der Waals surface area contributed by atoms with Crippen molar-refractivity contribution in [3.8, 4) is 0 Å². The number of aliphatic carboxylic acids is 1. The number of carboxylic acid groups (broad SMARTS) is 1. The van der Waals surface area contributed by atoms with E-state index < -0.39 is 5.97 Å². The second kappa shape index (κ2) is 8.78. The number of hydrogen-bond acceptors (Lipinski definition) is 4. The maximum Gasteiger partial charge on any atom is 0.317 e. The molecule has 0 unspecified atom stereocenters. The molecule has 5 heteroatoms. The summed E-state index contributed by atoms with van der Waals surface area (Å²) in [6.07, 6.45) is 2.34. The first-order valence-electron chi connectivity index (χ1n) is 6.46. The summed E-state index contributed by atoms with van der Waals surface area (Å²) in [6, 6.07) is 0. The van der Waals surface area contributed by atoms with Gasteiger partial charge in [-0.15, -0.1) is 0 Å². The van der Waals surface area contributed by atoms with Crippen LogP contribution in [0.25, 0.3) is 0 Å². The van der Waals surface area contributed by atoms with E-state index in [9.17, 15) is 4.79 Å². The number of hydrogen-bond donors (Lipinski definition) is 1. The van der Waals surface area contributed by atoms with Gasteiger partial charge in [0.2, 0.25) is 0 Å². The molecule has 0 aromatic heterocycles. The van der Waals surface area contributed by atoms with E-state index in [4.69, 9.17) is 5.11 Å². The first-order valence-corrected chi connectivity index (χ1v) is 7.62. The first kappa shape index (κ1) is 14.8. The van der Waals surface area contributed by atoms with Crippen molar-refractivity contribution in [2.75, 3.05) is 50.8 Å². The maximum atomic E-state index is 10.6. The van der Waals surface area contributed by atoms with Crippen LogP contribution in [0.1, 0.15) is 19.8 Å². The molecule has 0 aromatic rings. The zero-order valence-electron chi connectivity index (χ0n) is 10.7. The van der Waals surface area contributed by atoms with E-state index in [1.165, 1.54) is 17.9 Å². The minimum Gasteiger partial charge on any atom is -0.480 e. The van der Waals surface area contributed by atoms with Crippen LogP contribution in [-0.2, 0) is 4.79 Å². The second-order valence-electron chi connectivity index (χ2n) is 4.42. The van der Waals surface area contributed by atoms with Gasteiger partial charge in [0.25, 0.3) is 0 Å². The second-order valence-corrected chi connectivity index (χ2v) is 5.81. The lowest BCUT2D eigenvalue weighted by molar-refractivity contribution is -0.138. The zero-order chi connectivity index (χ0) is 12.5. The van der Waals surface area contributed by atoms with Crippen LogP contribution in [0.2, 0.25) is 0 Å². The molecular weight excluding hydrogens is 236 g/mol. The average Bonchev–Trinajstić information content (AvgIpc) is 2.50. The van der Waals surface area contributed by atoms with E-state index in [1.807, 2.05) is 16.7 Å². The van der Waals surface area contributed by atoms with Gasteiger partial charge < -0.3 is 10.0 Å². The predicted molar refractivity (Wildman–Crippen MR) is 72.7 cm³/mol. The van der Waals surface area contributed by atoms with E-state index in [-0.39, 0.29) is 6.54 Å². The standard InChI is InChI=1S/C12H24N2O2S/c1-2-17-10-4-7-13-5-3-6-14(9-8-13)11-12(15)16/h2-11H2,1H3,(H,15,16). The summed E-state index contributed by atoms with van der Waals surface area (Å²) in [6.45, 7) is 7.50. The zero-order valence-corrected chi connectivity index (χ0v) is 11.5. The molecule has 1 aliphatic rings. The van der Waals surface area contributed by atoms with Crippen molar-refractivity contribution in [2.24, 2.45) is 0 Å². The number of rotatable bonds is 7. The Balaban J connectivity index is 2.16. The van der Waals surface area contributed by atoms with Gasteiger partial charge in [0, 0.05) is 19.6 Å². The van der Waals surface area contributed by atoms with Crippen molar-refractivity contribution in [3.63, 3.8) is 0 Å². The van der Waals surface area contributed by atoms with Crippen LogP contribution < -0.4 is 0 Å². The van der Waals surface area contributed by atoms with Crippen LogP contribution in [0.5, 0.6) is 0 Å². The molecule has 1 saturated heterocycles. The SMILES string of the molecule is CCSCCCN1CCCN(CC(=O)O)CC1. The Bertz CT molecular complexity index is 227. The summed E-state index contributed by atoms with van der Waals surface area (Å²) in [4.78, 5) is 15.2. The van der Waals surface area contributed by atoms with Crippen molar-refractivity contribution in [3.05, 3.63) is 0 Å². The lowest BCUT2D eigenvalue weighted by Crippen LogP contribution is -2.34. The molecule has 0 radical (unpaired) electrons. The van der Waals surface area contributed by atoms with E-state index in [0.717, 1.165) is 39.1 Å². The molecule has 0 atom stereocenters. The topological polar surface area (TPSA) is 43.8 Å². The highest BCUT2D eigenvalue weighted by Gasteiger charge is 2.15. The van der Waals surface area contributed by atoms with Crippen LogP contribution in [0, 0.1) is 0 Å². The largest absolute Gasteiger partial charge is 0.480 e. The normalized spacial score (nSPS) is 19.1. The first-order chi connectivity index (χ1) is 8.22. The van der Waals surface area contributed by atoms with E-state index in [0.29, 0.717) is 0 Å². The van der Waals surface area contributed by atoms with E-state index in [2.05, 4.69) is 11.8 Å². The molecule has 0 amide bonds. The van der Waals surface area contributed by atoms with Crippen LogP contribution >= 0.6 is 11.8 Å². The van der Waals surface area contributed by atoms with Gasteiger partial charge in [0.05, 0.1) is 6.54 Å². The van der Waals surface area contributed by atoms with Crippen LogP contribution in [-0.4, -0.2) is 71.6 Å². The van der Waals surface area contributed by atoms with Gasteiger partial charge in [0.1, 0.15) is 0 Å². The van der Waals surface area contributed by atoms with Gasteiger partial charge in [-0.1, -0.05) is 6.92 Å². The quantitative estimate of drug-likeness (QED) is 0.697. The minimum absolute atomic E-state index is 0.194. The molecule has 1 aliphatic heterocycles. The maximum absolute atomic E-state index is 10.6. The fourth-order valence-corrected chi connectivity index (χ4v) is 2.75. The van der Waals surface area contributed by atoms with Crippen LogP contribution in [0.4, 0.5) is 0 Å². The third kappa shape index (κ3) is 6.91. The number of carboxylic acids is 1. The monoisotopic (exact) mass is 260 g/mol. The fourth-order valence-electron chi connectivity index (χ4n) is 2.13. The van der Waals surface area contributed by atoms with Crippen LogP contribution in [0.3, 0.4) is 0 Å². The number of nitrogens with zero attached hydrogens (tertiary/aromatic N) is 2. The molecule has 1 fully saturated rings. The smallest absolute Gasteiger partial charge is 0.317 e. The molecule has 4 nitrogen and oxygen atoms in total. The Morgan fingerprint density at radius 1 is 1.24 bits per heavy atom. The molecule has 0 spiro atoms. The van der Waals surface area contributed by atoms with Crippen LogP contribution in [0.15, 0.2) is 0 Å². The number of carbonyl (C=O) groups is 1. The molecule has 17 heavy (non-hydrogen) atoms. The molecule has 0 bridgehead atoms. The third-order valence-electron chi connectivity index (χ3n) is 3.01. The summed E-state index contributed by atoms with van der Waals surface area (Å²) >= 11 is 2.00. The third-order valence-corrected chi connectivity index (χ3v) is 3.99. The van der Waals surface area contributed by atoms with Gasteiger partial charge in [0.15, 0.2) is 0 Å². The summed E-state index contributed by atoms with van der Waals surface area (Å²) in [7, 11) is 0. The highest BCUT2D eigenvalue weighted by atomic mass is 32.2. The lowest BCUT2D eigenvalue weighted by Gasteiger charge is -2.20. The highest BCUT2D eigenvalue weighted by Crippen LogP contribution is 2.06. The molecule has 0 aromatic carbocycles. The molecule has 0 saturated carbocycles. The fraction of sp³-hybridized carbons (Fsp3) is 0.917. The molecule has 1 rings (SSSR count). The van der Waals surface area contributed by atoms with E-state index in [1.54, 1.807) is 0 Å². The minimum atomic E-state index is -0.710. The number of thioether (sulfide) groups is 1. The Labute approximate surface area is 108 Å². The Morgan fingerprint density at radius 2 is 1.94 bits per heavy atom. The van der Waals surface area contributed by atoms with Gasteiger partial charge in [-0.3, -0.25) is 9.69 Å². The van der Waals surface area contributed by atoms with Gasteiger partial charge in [-0.05, 0) is 37.4 Å². The summed E-state index contributed by atoms with van der Waals surface area (Å²) in [5.74, 6) is 1.73. The molecule has 0 aliphatic carbocycles. The van der Waals surface area contributed by atoms with Crippen molar-refractivity contribution in [2.45, 2.75) is 19.8 Å². The van der Waals surface area contributed by atoms with Gasteiger partial charge in [-0.25, -0.2) is 0 Å². The van der Waals surface area contributed by atoms with Crippen molar-refractivity contribution < 1.29 is 9.90 Å². The van der Waals surface area contributed by atoms with Crippen molar-refractivity contribution >= 4 is 17.7 Å². The van der Waals surface area contributed by atoms with Crippen molar-refractivity contribution in [1.29, 1.82) is 0 Å². The Kier molecular flexibility index (Phi) is 7.64. The molecule has 100 valence electrons. The summed E-state index contributed by atoms with van der Waals surface area (Å²) < 4.78 is 0. The van der Waals surface area contributed by atoms with Gasteiger partial charge in [-0.2, -0.15) is 11.8 Å². The predicted octanol–water partition coefficient (Wildman–Crippen LogP) is 1.22. The van der Waals surface area contributed by atoms with Gasteiger partial charge >= 0.3 is 5.97 Å². The summed E-state index contributed by atoms with van der Waals surface area (Å²) in [5.41, 5.74) is 0. The van der Waals surface area contributed by atoms with E-state index >= 15 is 0 Å². The lowest BCUT2D eigenvalue weighted by atomic mass is 10.3. The molecule has 1 heterocycles. The molecule has 1 N–H and O–H groups in total. The summed E-state index contributed by atoms with van der Waals surface area (Å²) in [5, 5.41) is 8.77. The average molecular weight is 260 g/mol. The molecular formula is C12H24N2O2S. The highest BCUT2D eigenvalue weighted by molar-refractivity contribution is 7.99.